The van der Waals surface area contributed by atoms with Crippen molar-refractivity contribution in [2.24, 2.45) is 5.92 Å². The van der Waals surface area contributed by atoms with Crippen LogP contribution >= 0.6 is 0 Å². The summed E-state index contributed by atoms with van der Waals surface area (Å²) in [6.45, 7) is 10.8. The third kappa shape index (κ3) is 3.77. The van der Waals surface area contributed by atoms with Crippen LogP contribution in [-0.4, -0.2) is 65.9 Å². The molecule has 1 amide bonds. The van der Waals surface area contributed by atoms with Crippen LogP contribution in [-0.2, 0) is 11.3 Å². The summed E-state index contributed by atoms with van der Waals surface area (Å²) in [5.74, 6) is 0.837. The largest absolute Gasteiger partial charge is 0.340 e. The second-order valence-corrected chi connectivity index (χ2v) is 7.09. The molecule has 0 bridgehead atoms. The lowest BCUT2D eigenvalue weighted by molar-refractivity contribution is -0.130. The minimum absolute atomic E-state index is 0.191. The highest BCUT2D eigenvalue weighted by Gasteiger charge is 2.35. The number of hydrogen-bond acceptors (Lipinski definition) is 4. The van der Waals surface area contributed by atoms with Crippen molar-refractivity contribution < 1.29 is 4.79 Å². The predicted molar refractivity (Wildman–Crippen MR) is 93.2 cm³/mol. The van der Waals surface area contributed by atoms with E-state index in [1.54, 1.807) is 6.92 Å². The number of likely N-dealkylation sites (tertiary alicyclic amines) is 1. The number of rotatable bonds is 3. The van der Waals surface area contributed by atoms with Crippen LogP contribution in [0.25, 0.3) is 0 Å². The van der Waals surface area contributed by atoms with Gasteiger partial charge in [-0.15, -0.1) is 0 Å². The predicted octanol–water partition coefficient (Wildman–Crippen LogP) is 1.54. The highest BCUT2D eigenvalue weighted by Crippen LogP contribution is 2.24. The van der Waals surface area contributed by atoms with Crippen LogP contribution in [0.1, 0.15) is 25.0 Å². The van der Waals surface area contributed by atoms with E-state index < -0.39 is 0 Å². The normalized spacial score (nSPS) is 25.6. The van der Waals surface area contributed by atoms with Gasteiger partial charge in [0.25, 0.3) is 0 Å². The first kappa shape index (κ1) is 16.9. The molecular formula is C19H26N4O. The summed E-state index contributed by atoms with van der Waals surface area (Å²) in [7, 11) is 0. The minimum atomic E-state index is 0.191. The Hall–Kier alpha value is -1.90. The Labute approximate surface area is 144 Å². The molecule has 0 spiro atoms. The molecule has 0 radical (unpaired) electrons. The number of benzene rings is 1. The van der Waals surface area contributed by atoms with Gasteiger partial charge in [-0.3, -0.25) is 14.6 Å². The number of nitrogens with zero attached hydrogens (tertiary/aromatic N) is 4. The third-order valence-corrected chi connectivity index (χ3v) is 5.37. The van der Waals surface area contributed by atoms with Crippen molar-refractivity contribution in [2.75, 3.05) is 39.3 Å². The Morgan fingerprint density at radius 2 is 1.83 bits per heavy atom. The lowest BCUT2D eigenvalue weighted by atomic mass is 10.0. The summed E-state index contributed by atoms with van der Waals surface area (Å²) in [6.07, 6.45) is 0. The first-order chi connectivity index (χ1) is 11.6. The van der Waals surface area contributed by atoms with Crippen LogP contribution in [0, 0.1) is 17.2 Å². The molecule has 2 aliphatic heterocycles. The molecule has 5 nitrogen and oxygen atoms in total. The van der Waals surface area contributed by atoms with Gasteiger partial charge in [0.2, 0.25) is 5.91 Å². The first-order valence-corrected chi connectivity index (χ1v) is 8.78. The van der Waals surface area contributed by atoms with Crippen molar-refractivity contribution in [3.63, 3.8) is 0 Å². The van der Waals surface area contributed by atoms with Gasteiger partial charge in [0.1, 0.15) is 0 Å². The van der Waals surface area contributed by atoms with Crippen molar-refractivity contribution >= 4 is 5.91 Å². The molecule has 5 heteroatoms. The smallest absolute Gasteiger partial charge is 0.219 e. The quantitative estimate of drug-likeness (QED) is 0.845. The summed E-state index contributed by atoms with van der Waals surface area (Å²) in [5, 5.41) is 8.89. The Bertz CT molecular complexity index is 613. The standard InChI is InChI=1S/C19H26N4O/c1-15-12-21(13-18-5-3-17(11-20)4-6-18)14-19(15)23-9-7-22(8-10-23)16(2)24/h3-6,15,19H,7-10,12-14H2,1-2H3/t15-,19+/m1/s1. The molecule has 2 atom stereocenters. The summed E-state index contributed by atoms with van der Waals surface area (Å²) in [4.78, 5) is 18.5. The zero-order valence-electron chi connectivity index (χ0n) is 14.6. The van der Waals surface area contributed by atoms with Gasteiger partial charge >= 0.3 is 0 Å². The van der Waals surface area contributed by atoms with Gasteiger partial charge in [-0.1, -0.05) is 19.1 Å². The number of carbonyl (C=O) groups excluding carboxylic acids is 1. The average Bonchev–Trinajstić information content (AvgIpc) is 2.96. The molecule has 1 aromatic rings. The van der Waals surface area contributed by atoms with Crippen molar-refractivity contribution in [3.8, 4) is 6.07 Å². The number of nitriles is 1. The Morgan fingerprint density at radius 3 is 2.42 bits per heavy atom. The summed E-state index contributed by atoms with van der Waals surface area (Å²) < 4.78 is 0. The van der Waals surface area contributed by atoms with E-state index in [1.807, 2.05) is 17.0 Å². The second-order valence-electron chi connectivity index (χ2n) is 7.09. The van der Waals surface area contributed by atoms with Gasteiger partial charge in [0.05, 0.1) is 11.6 Å². The fraction of sp³-hybridized carbons (Fsp3) is 0.579. The van der Waals surface area contributed by atoms with E-state index in [1.165, 1.54) is 5.56 Å². The van der Waals surface area contributed by atoms with E-state index in [9.17, 15) is 4.79 Å². The lowest BCUT2D eigenvalue weighted by Crippen LogP contribution is -2.53. The fourth-order valence-electron chi connectivity index (χ4n) is 3.96. The zero-order chi connectivity index (χ0) is 17.1. The lowest BCUT2D eigenvalue weighted by Gasteiger charge is -2.39. The summed E-state index contributed by atoms with van der Waals surface area (Å²) in [5.41, 5.74) is 1.98. The molecule has 128 valence electrons. The van der Waals surface area contributed by atoms with Gasteiger partial charge in [-0.2, -0.15) is 5.26 Å². The molecule has 1 aromatic carbocycles. The van der Waals surface area contributed by atoms with Crippen LogP contribution < -0.4 is 0 Å². The average molecular weight is 326 g/mol. The number of piperazine rings is 1. The Balaban J connectivity index is 1.55. The maximum absolute atomic E-state index is 11.5. The third-order valence-electron chi connectivity index (χ3n) is 5.37. The van der Waals surface area contributed by atoms with Crippen LogP contribution in [0.15, 0.2) is 24.3 Å². The number of amides is 1. The van der Waals surface area contributed by atoms with Crippen LogP contribution in [0.3, 0.4) is 0 Å². The van der Waals surface area contributed by atoms with E-state index in [2.05, 4.69) is 34.9 Å². The van der Waals surface area contributed by atoms with E-state index >= 15 is 0 Å². The van der Waals surface area contributed by atoms with Crippen LogP contribution in [0.4, 0.5) is 0 Å². The molecule has 3 rings (SSSR count). The van der Waals surface area contributed by atoms with Gasteiger partial charge in [0.15, 0.2) is 0 Å². The van der Waals surface area contributed by atoms with E-state index in [4.69, 9.17) is 5.26 Å². The van der Waals surface area contributed by atoms with Crippen molar-refractivity contribution in [1.82, 2.24) is 14.7 Å². The minimum Gasteiger partial charge on any atom is -0.340 e. The number of carbonyl (C=O) groups is 1. The summed E-state index contributed by atoms with van der Waals surface area (Å²) >= 11 is 0. The van der Waals surface area contributed by atoms with Crippen molar-refractivity contribution in [2.45, 2.75) is 26.4 Å². The van der Waals surface area contributed by atoms with Gasteiger partial charge in [-0.25, -0.2) is 0 Å². The molecule has 2 aliphatic rings. The topological polar surface area (TPSA) is 50.6 Å². The second kappa shape index (κ2) is 7.33. The highest BCUT2D eigenvalue weighted by molar-refractivity contribution is 5.73. The molecule has 0 aromatic heterocycles. The Kier molecular flexibility index (Phi) is 5.17. The van der Waals surface area contributed by atoms with E-state index in [0.29, 0.717) is 12.0 Å². The molecule has 0 unspecified atom stereocenters. The zero-order valence-corrected chi connectivity index (χ0v) is 14.6. The SMILES string of the molecule is CC(=O)N1CCN([C@H]2CN(Cc3ccc(C#N)cc3)C[C@H]2C)CC1. The van der Waals surface area contributed by atoms with E-state index in [0.717, 1.165) is 51.4 Å². The Morgan fingerprint density at radius 1 is 1.17 bits per heavy atom. The maximum atomic E-state index is 11.5. The van der Waals surface area contributed by atoms with Gasteiger partial charge in [0, 0.05) is 58.8 Å². The van der Waals surface area contributed by atoms with Crippen LogP contribution in [0.2, 0.25) is 0 Å². The highest BCUT2D eigenvalue weighted by atomic mass is 16.2. The fourth-order valence-corrected chi connectivity index (χ4v) is 3.96. The van der Waals surface area contributed by atoms with Crippen molar-refractivity contribution in [1.29, 1.82) is 5.26 Å². The monoisotopic (exact) mass is 326 g/mol. The van der Waals surface area contributed by atoms with Crippen molar-refractivity contribution in [3.05, 3.63) is 35.4 Å². The molecule has 2 saturated heterocycles. The molecule has 0 saturated carbocycles. The first-order valence-electron chi connectivity index (χ1n) is 8.78. The summed E-state index contributed by atoms with van der Waals surface area (Å²) in [6, 6.07) is 10.7. The van der Waals surface area contributed by atoms with Crippen LogP contribution in [0.5, 0.6) is 0 Å². The molecular weight excluding hydrogens is 300 g/mol. The molecule has 0 aliphatic carbocycles. The van der Waals surface area contributed by atoms with E-state index in [-0.39, 0.29) is 5.91 Å². The van der Waals surface area contributed by atoms with Gasteiger partial charge < -0.3 is 4.90 Å². The molecule has 0 N–H and O–H groups in total. The van der Waals surface area contributed by atoms with Gasteiger partial charge in [-0.05, 0) is 23.6 Å². The maximum Gasteiger partial charge on any atom is 0.219 e. The molecule has 2 heterocycles. The molecule has 2 fully saturated rings. The molecule has 24 heavy (non-hydrogen) atoms. The number of hydrogen-bond donors (Lipinski definition) is 0.